The molecule has 0 amide bonds. The van der Waals surface area contributed by atoms with E-state index in [9.17, 15) is 9.59 Å². The van der Waals surface area contributed by atoms with E-state index in [1.54, 1.807) is 23.5 Å². The van der Waals surface area contributed by atoms with E-state index in [2.05, 4.69) is 0 Å². The third-order valence-electron chi connectivity index (χ3n) is 1.90. The SMILES string of the molecule is CSCC[C@H](N)C(=O)O.CSCC[C@H](N)C(=O)O.O=C[O-].O=C[O-].O=NO.O=NO.[Cu+2]. The predicted octanol–water partition coefficient (Wildman–Crippen LogP) is -2.68. The predicted molar refractivity (Wildman–Crippen MR) is 105 cm³/mol. The molecule has 16 nitrogen and oxygen atoms in total. The molecule has 1 radical (unpaired) electrons. The first-order valence-electron chi connectivity index (χ1n) is 7.02. The van der Waals surface area contributed by atoms with Gasteiger partial charge in [0.25, 0.3) is 0 Å². The topological polar surface area (TPSA) is 306 Å². The van der Waals surface area contributed by atoms with Crippen LogP contribution in [0.4, 0.5) is 0 Å². The van der Waals surface area contributed by atoms with Gasteiger partial charge in [0.1, 0.15) is 12.1 Å². The maximum Gasteiger partial charge on any atom is 2.00 e. The fourth-order valence-electron chi connectivity index (χ4n) is 0.737. The van der Waals surface area contributed by atoms with Crippen LogP contribution in [0, 0.1) is 9.81 Å². The van der Waals surface area contributed by atoms with Crippen molar-refractivity contribution < 1.29 is 67.1 Å². The number of hydrogen-bond acceptors (Lipinski definition) is 14. The molecule has 0 aromatic heterocycles. The normalized spacial score (nSPS) is 9.16. The first-order chi connectivity index (χ1) is 14.0. The zero-order valence-electron chi connectivity index (χ0n) is 16.4. The smallest absolute Gasteiger partial charge is 0.554 e. The van der Waals surface area contributed by atoms with Gasteiger partial charge in [-0.2, -0.15) is 23.5 Å². The van der Waals surface area contributed by atoms with Gasteiger partial charge < -0.3 is 51.9 Å². The number of nitrogens with two attached hydrogens (primary N) is 2. The summed E-state index contributed by atoms with van der Waals surface area (Å²) < 4.78 is 0. The molecule has 19 heteroatoms. The van der Waals surface area contributed by atoms with E-state index >= 15 is 0 Å². The van der Waals surface area contributed by atoms with Gasteiger partial charge in [0.15, 0.2) is 10.7 Å². The van der Waals surface area contributed by atoms with E-state index in [4.69, 9.17) is 61.7 Å². The second kappa shape index (κ2) is 50.9. The molecule has 0 aliphatic heterocycles. The summed E-state index contributed by atoms with van der Waals surface area (Å²) in [5.41, 5.74) is 10.4. The van der Waals surface area contributed by atoms with Crippen molar-refractivity contribution in [1.29, 1.82) is 0 Å². The molecule has 0 bridgehead atoms. The quantitative estimate of drug-likeness (QED) is 0.0782. The van der Waals surface area contributed by atoms with Crippen molar-refractivity contribution in [2.75, 3.05) is 24.0 Å². The largest absolute Gasteiger partial charge is 2.00 e. The van der Waals surface area contributed by atoms with Gasteiger partial charge in [0.05, 0.1) is 0 Å². The van der Waals surface area contributed by atoms with E-state index in [0.29, 0.717) is 12.8 Å². The van der Waals surface area contributed by atoms with Crippen LogP contribution in [-0.4, -0.2) is 81.6 Å². The molecule has 0 heterocycles. The van der Waals surface area contributed by atoms with Crippen molar-refractivity contribution in [3.63, 3.8) is 0 Å². The summed E-state index contributed by atoms with van der Waals surface area (Å²) in [6.45, 7) is -1.00. The summed E-state index contributed by atoms with van der Waals surface area (Å²) in [5, 5.41) is 48.8. The van der Waals surface area contributed by atoms with Gasteiger partial charge in [-0.1, -0.05) is 0 Å². The third kappa shape index (κ3) is 97.1. The van der Waals surface area contributed by atoms with Gasteiger partial charge in [0.2, 0.25) is 0 Å². The van der Waals surface area contributed by atoms with Gasteiger partial charge in [0, 0.05) is 12.9 Å². The number of rotatable bonds is 8. The van der Waals surface area contributed by atoms with Crippen LogP contribution in [0.3, 0.4) is 0 Å². The number of carboxylic acids is 2. The van der Waals surface area contributed by atoms with E-state index in [0.717, 1.165) is 11.5 Å². The third-order valence-corrected chi connectivity index (χ3v) is 3.19. The number of carbonyl (C=O) groups excluding carboxylic acids is 2. The monoisotopic (exact) mass is 545 g/mol. The molecule has 189 valence electrons. The van der Waals surface area contributed by atoms with Crippen molar-refractivity contribution in [3.05, 3.63) is 9.81 Å². The molecular weight excluding hydrogens is 520 g/mol. The maximum atomic E-state index is 10.1. The summed E-state index contributed by atoms with van der Waals surface area (Å²) in [5.74, 6) is -0.200. The average Bonchev–Trinajstić information content (AvgIpc) is 2.67. The Morgan fingerprint density at radius 1 is 0.871 bits per heavy atom. The Hall–Kier alpha value is -2.18. The minimum atomic E-state index is -0.913. The minimum Gasteiger partial charge on any atom is -0.554 e. The molecule has 8 N–H and O–H groups in total. The van der Waals surface area contributed by atoms with Crippen molar-refractivity contribution >= 4 is 48.4 Å². The van der Waals surface area contributed by atoms with Crippen molar-refractivity contribution in [2.45, 2.75) is 24.9 Å². The Morgan fingerprint density at radius 3 is 1.13 bits per heavy atom. The van der Waals surface area contributed by atoms with Crippen LogP contribution in [-0.2, 0) is 36.2 Å². The number of nitrogens with zero attached hydrogens (tertiary/aromatic N) is 2. The Morgan fingerprint density at radius 2 is 1.03 bits per heavy atom. The zero-order valence-corrected chi connectivity index (χ0v) is 18.9. The van der Waals surface area contributed by atoms with Gasteiger partial charge >= 0.3 is 29.0 Å². The van der Waals surface area contributed by atoms with Crippen LogP contribution in [0.5, 0.6) is 0 Å². The standard InChI is InChI=1S/2C5H11NO2S.2CH2O2.Cu.2HNO2/c2*1-9-3-2-4(6)5(7)8;2*2-1-3;;2*2-1-3/h2*4H,2-3,6H2,1H3,(H,7,8);2*1H,(H,2,3);;2*(H,2,3)/q;;;;+2;;/p-2/t2*4-;;;;;/m00...../s1. The molecule has 0 unspecified atom stereocenters. The Kier molecular flexibility index (Phi) is 77.0. The van der Waals surface area contributed by atoms with Crippen LogP contribution in [0.1, 0.15) is 12.8 Å². The molecule has 0 saturated carbocycles. The molecule has 0 aromatic carbocycles. The molecule has 0 aromatic rings. The van der Waals surface area contributed by atoms with Crippen molar-refractivity contribution in [3.8, 4) is 0 Å². The molecule has 0 rings (SSSR count). The summed E-state index contributed by atoms with van der Waals surface area (Å²) in [6.07, 6.45) is 4.95. The number of thioether (sulfide) groups is 2. The summed E-state index contributed by atoms with van der Waals surface area (Å²) in [4.78, 5) is 52.9. The fourth-order valence-corrected chi connectivity index (χ4v) is 1.72. The molecule has 31 heavy (non-hydrogen) atoms. The van der Waals surface area contributed by atoms with Gasteiger partial charge in [-0.3, -0.25) is 9.59 Å². The maximum absolute atomic E-state index is 10.1. The first kappa shape index (κ1) is 46.8. The van der Waals surface area contributed by atoms with Gasteiger partial charge in [-0.25, -0.2) is 0 Å². The van der Waals surface area contributed by atoms with Gasteiger partial charge in [-0.15, -0.1) is 9.81 Å². The second-order valence-electron chi connectivity index (χ2n) is 3.81. The van der Waals surface area contributed by atoms with E-state index in [-0.39, 0.29) is 17.1 Å². The van der Waals surface area contributed by atoms with Crippen molar-refractivity contribution in [1.82, 2.24) is 0 Å². The molecule has 0 fully saturated rings. The average molecular weight is 546 g/mol. The van der Waals surface area contributed by atoms with Crippen molar-refractivity contribution in [2.24, 2.45) is 22.1 Å². The first-order valence-corrected chi connectivity index (χ1v) is 9.81. The molecule has 0 spiro atoms. The summed E-state index contributed by atoms with van der Waals surface area (Å²) in [7, 11) is 0. The number of aliphatic carboxylic acids is 2. The van der Waals surface area contributed by atoms with Crippen LogP contribution >= 0.6 is 23.5 Å². The van der Waals surface area contributed by atoms with E-state index in [1.165, 1.54) is 10.7 Å². The molecular formula is C12H26CuN4O12S2. The second-order valence-corrected chi connectivity index (χ2v) is 5.78. The van der Waals surface area contributed by atoms with E-state index in [1.807, 2.05) is 12.5 Å². The summed E-state index contributed by atoms with van der Waals surface area (Å²) >= 11 is 3.21. The van der Waals surface area contributed by atoms with E-state index < -0.39 is 37.0 Å². The fraction of sp³-hybridized carbons (Fsp3) is 0.667. The van der Waals surface area contributed by atoms with Crippen LogP contribution in [0.15, 0.2) is 10.7 Å². The van der Waals surface area contributed by atoms with Crippen LogP contribution in [0.25, 0.3) is 0 Å². The minimum absolute atomic E-state index is 0. The molecule has 0 aliphatic rings. The summed E-state index contributed by atoms with van der Waals surface area (Å²) in [6, 6.07) is -1.37. The molecule has 0 saturated heterocycles. The molecule has 2 atom stereocenters. The zero-order chi connectivity index (χ0) is 25.4. The Bertz CT molecular complexity index is 366. The van der Waals surface area contributed by atoms with Crippen LogP contribution in [0.2, 0.25) is 0 Å². The number of carboxylic acid groups (broad SMARTS) is 4. The van der Waals surface area contributed by atoms with Crippen LogP contribution < -0.4 is 21.7 Å². The molecule has 0 aliphatic carbocycles. The number of hydrogen-bond donors (Lipinski definition) is 6. The number of carbonyl (C=O) groups is 4. The van der Waals surface area contributed by atoms with Gasteiger partial charge in [-0.05, 0) is 36.9 Å². The Balaban J connectivity index is -0.0000000486. The Labute approximate surface area is 196 Å².